The smallest absolute Gasteiger partial charge is 0.329 e. The van der Waals surface area contributed by atoms with E-state index in [9.17, 15) is 14.4 Å². The summed E-state index contributed by atoms with van der Waals surface area (Å²) in [5.41, 5.74) is 1.81. The Balaban J connectivity index is 1.60. The van der Waals surface area contributed by atoms with Crippen molar-refractivity contribution in [3.63, 3.8) is 0 Å². The molecule has 0 saturated heterocycles. The number of carbonyl (C=O) groups excluding carboxylic acids is 3. The van der Waals surface area contributed by atoms with Gasteiger partial charge in [-0.2, -0.15) is 0 Å². The summed E-state index contributed by atoms with van der Waals surface area (Å²) in [4.78, 5) is 42.0. The van der Waals surface area contributed by atoms with Gasteiger partial charge in [-0.15, -0.1) is 11.3 Å². The molecular formula is C21H22ClN3O4S. The summed E-state index contributed by atoms with van der Waals surface area (Å²) in [5, 5.41) is 3.58. The van der Waals surface area contributed by atoms with Gasteiger partial charge < -0.3 is 19.9 Å². The molecule has 0 radical (unpaired) electrons. The van der Waals surface area contributed by atoms with Gasteiger partial charge in [-0.25, -0.2) is 4.79 Å². The minimum atomic E-state index is -0.893. The molecule has 2 aromatic heterocycles. The first-order valence-electron chi connectivity index (χ1n) is 9.30. The second-order valence-electron chi connectivity index (χ2n) is 6.88. The first-order chi connectivity index (χ1) is 14.3. The Kier molecular flexibility index (Phi) is 7.12. The average Bonchev–Trinajstić information content (AvgIpc) is 3.31. The van der Waals surface area contributed by atoms with Gasteiger partial charge in [0.2, 0.25) is 5.91 Å². The number of halogens is 1. The first-order valence-corrected chi connectivity index (χ1v) is 10.5. The van der Waals surface area contributed by atoms with E-state index >= 15 is 0 Å². The second kappa shape index (κ2) is 9.77. The fraction of sp³-hybridized carbons (Fsp3) is 0.286. The number of benzene rings is 1. The van der Waals surface area contributed by atoms with Crippen LogP contribution in [0.3, 0.4) is 0 Å². The van der Waals surface area contributed by atoms with E-state index in [4.69, 9.17) is 16.3 Å². The number of carbonyl (C=O) groups is 3. The fourth-order valence-electron chi connectivity index (χ4n) is 3.06. The van der Waals surface area contributed by atoms with E-state index in [2.05, 4.69) is 10.3 Å². The predicted octanol–water partition coefficient (Wildman–Crippen LogP) is 3.13. The van der Waals surface area contributed by atoms with Gasteiger partial charge in [0.05, 0.1) is 10.9 Å². The van der Waals surface area contributed by atoms with Crippen molar-refractivity contribution in [2.45, 2.75) is 25.9 Å². The topological polar surface area (TPSA) is 91.5 Å². The van der Waals surface area contributed by atoms with E-state index in [1.165, 1.54) is 23.2 Å². The van der Waals surface area contributed by atoms with E-state index in [0.717, 1.165) is 21.3 Å². The predicted molar refractivity (Wildman–Crippen MR) is 116 cm³/mol. The monoisotopic (exact) mass is 447 g/mol. The van der Waals surface area contributed by atoms with Gasteiger partial charge in [-0.05, 0) is 23.8 Å². The van der Waals surface area contributed by atoms with Crippen molar-refractivity contribution in [3.8, 4) is 0 Å². The van der Waals surface area contributed by atoms with E-state index in [-0.39, 0.29) is 18.2 Å². The van der Waals surface area contributed by atoms with E-state index in [1.54, 1.807) is 19.3 Å². The second-order valence-corrected chi connectivity index (χ2v) is 8.68. The number of hydrogen-bond donors (Lipinski definition) is 2. The summed E-state index contributed by atoms with van der Waals surface area (Å²) in [6.07, 6.45) is 2.05. The summed E-state index contributed by atoms with van der Waals surface area (Å²) in [6.45, 7) is 1.30. The number of amides is 2. The maximum Gasteiger partial charge on any atom is 0.329 e. The lowest BCUT2D eigenvalue weighted by Crippen LogP contribution is -2.43. The van der Waals surface area contributed by atoms with Crippen LogP contribution in [0, 0.1) is 0 Å². The maximum absolute atomic E-state index is 12.6. The number of thiophene rings is 1. The fourth-order valence-corrected chi connectivity index (χ4v) is 4.20. The maximum atomic E-state index is 12.6. The third kappa shape index (κ3) is 5.61. The van der Waals surface area contributed by atoms with Gasteiger partial charge in [0, 0.05) is 42.4 Å². The van der Waals surface area contributed by atoms with Crippen molar-refractivity contribution >= 4 is 51.6 Å². The Morgan fingerprint density at radius 2 is 2.00 bits per heavy atom. The van der Waals surface area contributed by atoms with E-state index in [0.29, 0.717) is 10.9 Å². The molecule has 9 heteroatoms. The Hall–Kier alpha value is -2.84. The molecule has 0 aliphatic heterocycles. The molecule has 1 atom stereocenters. The van der Waals surface area contributed by atoms with Gasteiger partial charge in [0.15, 0.2) is 6.61 Å². The molecular weight excluding hydrogens is 426 g/mol. The summed E-state index contributed by atoms with van der Waals surface area (Å²) in [6, 6.07) is 10.4. The van der Waals surface area contributed by atoms with Gasteiger partial charge in [0.25, 0.3) is 5.91 Å². The quantitative estimate of drug-likeness (QED) is 0.519. The third-order valence-corrected chi connectivity index (χ3v) is 5.76. The molecule has 2 N–H and O–H groups in total. The zero-order valence-electron chi connectivity index (χ0n) is 16.6. The zero-order chi connectivity index (χ0) is 21.7. The molecule has 1 unspecified atom stereocenters. The SMILES string of the molecule is CC(=O)NC(Cc1c[nH]c2ccccc12)C(=O)OCC(=O)N(C)Cc1ccc(Cl)s1. The Bertz CT molecular complexity index is 1060. The van der Waals surface area contributed by atoms with Crippen molar-refractivity contribution < 1.29 is 19.1 Å². The number of aromatic nitrogens is 1. The molecule has 2 amide bonds. The summed E-state index contributed by atoms with van der Waals surface area (Å²) < 4.78 is 5.86. The third-order valence-electron chi connectivity index (χ3n) is 4.55. The largest absolute Gasteiger partial charge is 0.454 e. The molecule has 3 rings (SSSR count). The lowest BCUT2D eigenvalue weighted by atomic mass is 10.0. The molecule has 0 spiro atoms. The van der Waals surface area contributed by atoms with Crippen LogP contribution in [0.1, 0.15) is 17.4 Å². The average molecular weight is 448 g/mol. The van der Waals surface area contributed by atoms with Crippen LogP contribution in [0.15, 0.2) is 42.6 Å². The molecule has 0 fully saturated rings. The molecule has 7 nitrogen and oxygen atoms in total. The van der Waals surface area contributed by atoms with Gasteiger partial charge in [0.1, 0.15) is 6.04 Å². The highest BCUT2D eigenvalue weighted by molar-refractivity contribution is 7.16. The number of para-hydroxylation sites is 1. The summed E-state index contributed by atoms with van der Waals surface area (Å²) in [7, 11) is 1.63. The van der Waals surface area contributed by atoms with Gasteiger partial charge in [-0.3, -0.25) is 9.59 Å². The zero-order valence-corrected chi connectivity index (χ0v) is 18.2. The number of esters is 1. The minimum absolute atomic E-state index is 0.250. The van der Waals surface area contributed by atoms with E-state index in [1.807, 2.05) is 30.3 Å². The molecule has 30 heavy (non-hydrogen) atoms. The highest BCUT2D eigenvalue weighted by Gasteiger charge is 2.24. The standard InChI is InChI=1S/C21H22ClN3O4S/c1-13(26)24-18(9-14-10-23-17-6-4-3-5-16(14)17)21(28)29-12-20(27)25(2)11-15-7-8-19(22)30-15/h3-8,10,18,23H,9,11-12H2,1-2H3,(H,24,26). The number of fused-ring (bicyclic) bond motifs is 1. The Morgan fingerprint density at radius 1 is 1.23 bits per heavy atom. The Labute approximate surface area is 183 Å². The number of rotatable bonds is 8. The van der Waals surface area contributed by atoms with E-state index < -0.39 is 18.6 Å². The van der Waals surface area contributed by atoms with Crippen LogP contribution < -0.4 is 5.32 Å². The van der Waals surface area contributed by atoms with Crippen molar-refractivity contribution in [1.82, 2.24) is 15.2 Å². The van der Waals surface area contributed by atoms with Crippen molar-refractivity contribution in [3.05, 3.63) is 57.4 Å². The number of nitrogens with one attached hydrogen (secondary N) is 2. The lowest BCUT2D eigenvalue weighted by molar-refractivity contribution is -0.154. The molecule has 1 aromatic carbocycles. The van der Waals surface area contributed by atoms with Crippen molar-refractivity contribution in [2.75, 3.05) is 13.7 Å². The number of H-pyrrole nitrogens is 1. The lowest BCUT2D eigenvalue weighted by Gasteiger charge is -2.19. The molecule has 0 saturated carbocycles. The van der Waals surface area contributed by atoms with Crippen LogP contribution in [0.25, 0.3) is 10.9 Å². The minimum Gasteiger partial charge on any atom is -0.454 e. The van der Waals surface area contributed by atoms with Gasteiger partial charge in [-0.1, -0.05) is 29.8 Å². The molecule has 3 aromatic rings. The number of nitrogens with zero attached hydrogens (tertiary/aromatic N) is 1. The highest BCUT2D eigenvalue weighted by Crippen LogP contribution is 2.22. The van der Waals surface area contributed by atoms with Crippen LogP contribution in [-0.2, 0) is 32.1 Å². The number of likely N-dealkylation sites (N-methyl/N-ethyl adjacent to an activating group) is 1. The molecule has 0 aliphatic rings. The number of hydrogen-bond acceptors (Lipinski definition) is 5. The molecule has 2 heterocycles. The van der Waals surface area contributed by atoms with Crippen molar-refractivity contribution in [1.29, 1.82) is 0 Å². The number of aromatic amines is 1. The summed E-state index contributed by atoms with van der Waals surface area (Å²) >= 11 is 7.29. The van der Waals surface area contributed by atoms with Gasteiger partial charge >= 0.3 is 5.97 Å². The highest BCUT2D eigenvalue weighted by atomic mass is 35.5. The first kappa shape index (κ1) is 21.9. The van der Waals surface area contributed by atoms with Crippen LogP contribution in [-0.4, -0.2) is 47.4 Å². The van der Waals surface area contributed by atoms with Crippen LogP contribution >= 0.6 is 22.9 Å². The van der Waals surface area contributed by atoms with Crippen LogP contribution in [0.5, 0.6) is 0 Å². The Morgan fingerprint density at radius 3 is 2.70 bits per heavy atom. The number of ether oxygens (including phenoxy) is 1. The molecule has 0 bridgehead atoms. The molecule has 158 valence electrons. The molecule has 0 aliphatic carbocycles. The summed E-state index contributed by atoms with van der Waals surface area (Å²) in [5.74, 6) is -1.35. The van der Waals surface area contributed by atoms with Crippen LogP contribution in [0.4, 0.5) is 0 Å². The van der Waals surface area contributed by atoms with Crippen molar-refractivity contribution in [2.24, 2.45) is 0 Å². The normalized spacial score (nSPS) is 11.8. The van der Waals surface area contributed by atoms with Crippen LogP contribution in [0.2, 0.25) is 4.34 Å².